The number of hydrogen-bond donors (Lipinski definition) is 0. The monoisotopic (exact) mass is 606 g/mol. The van der Waals surface area contributed by atoms with E-state index in [1.165, 1.54) is 4.90 Å². The second-order valence-electron chi connectivity index (χ2n) is 10.3. The highest BCUT2D eigenvalue weighted by Crippen LogP contribution is 2.39. The van der Waals surface area contributed by atoms with E-state index >= 15 is 0 Å². The Kier molecular flexibility index (Phi) is 9.42. The minimum Gasteiger partial charge on any atom is -0.466 e. The number of anilines is 1. The molecule has 0 saturated carbocycles. The normalized spacial score (nSPS) is 23.6. The van der Waals surface area contributed by atoms with Gasteiger partial charge in [-0.15, -0.1) is 0 Å². The fraction of sp³-hybridized carbons (Fsp3) is 0.593. The molecule has 216 valence electrons. The Morgan fingerprint density at radius 1 is 1.27 bits per heavy atom. The first-order valence-electron chi connectivity index (χ1n) is 13.6. The number of hydrogen-bond acceptors (Lipinski definition) is 10. The summed E-state index contributed by atoms with van der Waals surface area (Å²) < 4.78 is 31.3. The Morgan fingerprint density at radius 3 is 2.65 bits per heavy atom. The standard InChI is InChI=1S/C27H34N4O6S3/c1-4-6-11-30-23(29-10-7-8-18(15-29)26(34)37-5-2)20(17(3)21(14-28)24(30)32)13-22-25(33)31(27(38)39-22)19-9-12-40(35,36)16-19/h13,18-19H,4-12,15-16H2,1-3H3/b22-13-. The molecule has 2 atom stereocenters. The molecular weight excluding hydrogens is 573 g/mol. The molecule has 1 aromatic rings. The second-order valence-corrected chi connectivity index (χ2v) is 14.2. The molecule has 0 radical (unpaired) electrons. The summed E-state index contributed by atoms with van der Waals surface area (Å²) in [5.41, 5.74) is 0.600. The number of sulfone groups is 1. The van der Waals surface area contributed by atoms with Crippen LogP contribution in [0.1, 0.15) is 62.6 Å². The van der Waals surface area contributed by atoms with Crippen molar-refractivity contribution in [1.29, 1.82) is 5.26 Å². The van der Waals surface area contributed by atoms with Crippen molar-refractivity contribution >= 4 is 61.9 Å². The van der Waals surface area contributed by atoms with Gasteiger partial charge in [-0.2, -0.15) is 5.26 Å². The third-order valence-electron chi connectivity index (χ3n) is 7.60. The van der Waals surface area contributed by atoms with E-state index in [0.717, 1.165) is 18.2 Å². The summed E-state index contributed by atoms with van der Waals surface area (Å²) >= 11 is 6.59. The highest BCUT2D eigenvalue weighted by molar-refractivity contribution is 8.26. The molecule has 40 heavy (non-hydrogen) atoms. The fourth-order valence-corrected chi connectivity index (χ4v) is 8.62. The van der Waals surface area contributed by atoms with Crippen molar-refractivity contribution in [2.75, 3.05) is 36.1 Å². The molecule has 4 heterocycles. The van der Waals surface area contributed by atoms with Gasteiger partial charge in [0.2, 0.25) is 0 Å². The third-order valence-corrected chi connectivity index (χ3v) is 10.7. The molecule has 2 unspecified atom stereocenters. The third kappa shape index (κ3) is 5.99. The highest BCUT2D eigenvalue weighted by Gasteiger charge is 2.42. The van der Waals surface area contributed by atoms with E-state index in [9.17, 15) is 28.1 Å². The van der Waals surface area contributed by atoms with Crippen molar-refractivity contribution in [1.82, 2.24) is 9.47 Å². The Bertz CT molecular complexity index is 1460. The number of nitrogens with zero attached hydrogens (tertiary/aromatic N) is 4. The van der Waals surface area contributed by atoms with Crippen LogP contribution in [0, 0.1) is 24.2 Å². The molecule has 4 rings (SSSR count). The summed E-state index contributed by atoms with van der Waals surface area (Å²) in [6.07, 6.45) is 4.91. The number of thioether (sulfide) groups is 1. The van der Waals surface area contributed by atoms with Crippen LogP contribution in [-0.2, 0) is 30.7 Å². The lowest BCUT2D eigenvalue weighted by molar-refractivity contribution is -0.148. The molecule has 3 saturated heterocycles. The number of aromatic nitrogens is 1. The zero-order valence-electron chi connectivity index (χ0n) is 23.0. The maximum absolute atomic E-state index is 13.6. The summed E-state index contributed by atoms with van der Waals surface area (Å²) in [5, 5.41) is 9.92. The van der Waals surface area contributed by atoms with Crippen LogP contribution in [0.5, 0.6) is 0 Å². The lowest BCUT2D eigenvalue weighted by atomic mass is 9.96. The van der Waals surface area contributed by atoms with Crippen molar-refractivity contribution in [2.45, 2.75) is 65.5 Å². The van der Waals surface area contributed by atoms with Crippen LogP contribution in [-0.4, -0.2) is 71.3 Å². The molecule has 1 aromatic heterocycles. The first-order valence-corrected chi connectivity index (χ1v) is 16.6. The summed E-state index contributed by atoms with van der Waals surface area (Å²) in [6, 6.07) is 1.54. The SMILES string of the molecule is CCCCn1c(N2CCCC(C(=O)OCC)C2)c(/C=C2\SC(=S)N(C3CCS(=O)(=O)C3)C2=O)c(C)c(C#N)c1=O. The van der Waals surface area contributed by atoms with Crippen LogP contribution in [0.3, 0.4) is 0 Å². The predicted molar refractivity (Wildman–Crippen MR) is 159 cm³/mol. The second kappa shape index (κ2) is 12.4. The molecule has 0 spiro atoms. The fourth-order valence-electron chi connectivity index (χ4n) is 5.54. The van der Waals surface area contributed by atoms with Gasteiger partial charge in [-0.1, -0.05) is 37.3 Å². The lowest BCUT2D eigenvalue weighted by Gasteiger charge is -2.36. The minimum atomic E-state index is -3.23. The van der Waals surface area contributed by atoms with Gasteiger partial charge >= 0.3 is 5.97 Å². The Labute approximate surface area is 244 Å². The molecular formula is C27H34N4O6S3. The van der Waals surface area contributed by atoms with E-state index in [-0.39, 0.29) is 45.8 Å². The molecule has 0 aliphatic carbocycles. The summed E-state index contributed by atoms with van der Waals surface area (Å²) in [7, 11) is -3.23. The first kappa shape index (κ1) is 30.3. The van der Waals surface area contributed by atoms with E-state index in [1.54, 1.807) is 24.5 Å². The Balaban J connectivity index is 1.84. The van der Waals surface area contributed by atoms with Gasteiger partial charge in [0, 0.05) is 25.2 Å². The van der Waals surface area contributed by atoms with Crippen LogP contribution >= 0.6 is 24.0 Å². The van der Waals surface area contributed by atoms with Gasteiger partial charge in [-0.05, 0) is 51.2 Å². The molecule has 1 amide bonds. The molecule has 13 heteroatoms. The van der Waals surface area contributed by atoms with Gasteiger partial charge in [-0.3, -0.25) is 23.9 Å². The quantitative estimate of drug-likeness (QED) is 0.247. The number of rotatable bonds is 8. The zero-order valence-corrected chi connectivity index (χ0v) is 25.4. The number of esters is 1. The minimum absolute atomic E-state index is 0.00224. The van der Waals surface area contributed by atoms with Crippen LogP contribution in [0.4, 0.5) is 5.82 Å². The maximum Gasteiger partial charge on any atom is 0.310 e. The summed E-state index contributed by atoms with van der Waals surface area (Å²) in [5.74, 6) is -0.570. The average molecular weight is 607 g/mol. The van der Waals surface area contributed by atoms with Crippen LogP contribution in [0.15, 0.2) is 9.70 Å². The van der Waals surface area contributed by atoms with Gasteiger partial charge in [-0.25, -0.2) is 8.42 Å². The van der Waals surface area contributed by atoms with Crippen molar-refractivity contribution in [3.8, 4) is 6.07 Å². The maximum atomic E-state index is 13.6. The van der Waals surface area contributed by atoms with Crippen LogP contribution < -0.4 is 10.5 Å². The molecule has 3 aliphatic heterocycles. The van der Waals surface area contributed by atoms with Gasteiger partial charge < -0.3 is 9.64 Å². The molecule has 0 aromatic carbocycles. The number of piperidine rings is 1. The van der Waals surface area contributed by atoms with Crippen molar-refractivity contribution in [3.05, 3.63) is 31.9 Å². The van der Waals surface area contributed by atoms with Gasteiger partial charge in [0.15, 0.2) is 9.84 Å². The number of carbonyl (C=O) groups is 2. The number of ether oxygens (including phenoxy) is 1. The van der Waals surface area contributed by atoms with Gasteiger partial charge in [0.05, 0.1) is 35.0 Å². The van der Waals surface area contributed by atoms with Gasteiger partial charge in [0.1, 0.15) is 21.8 Å². The van der Waals surface area contributed by atoms with Crippen molar-refractivity contribution in [3.63, 3.8) is 0 Å². The number of nitriles is 1. The van der Waals surface area contributed by atoms with Crippen molar-refractivity contribution < 1.29 is 22.7 Å². The summed E-state index contributed by atoms with van der Waals surface area (Å²) in [6.45, 7) is 7.06. The topological polar surface area (TPSA) is 130 Å². The van der Waals surface area contributed by atoms with E-state index < -0.39 is 21.4 Å². The first-order chi connectivity index (χ1) is 19.0. The Morgan fingerprint density at radius 2 is 2.02 bits per heavy atom. The molecule has 10 nitrogen and oxygen atoms in total. The number of carbonyl (C=O) groups excluding carboxylic acids is 2. The van der Waals surface area contributed by atoms with Crippen LogP contribution in [0.2, 0.25) is 0 Å². The number of unbranched alkanes of at least 4 members (excludes halogenated alkanes) is 1. The molecule has 3 aliphatic rings. The van der Waals surface area contributed by atoms with E-state index in [4.69, 9.17) is 17.0 Å². The smallest absolute Gasteiger partial charge is 0.310 e. The summed E-state index contributed by atoms with van der Waals surface area (Å²) in [4.78, 5) is 43.4. The molecule has 3 fully saturated rings. The Hall–Kier alpha value is -2.69. The molecule has 0 bridgehead atoms. The van der Waals surface area contributed by atoms with Gasteiger partial charge in [0.25, 0.3) is 11.5 Å². The zero-order chi connectivity index (χ0) is 29.2. The predicted octanol–water partition coefficient (Wildman–Crippen LogP) is 3.00. The largest absolute Gasteiger partial charge is 0.466 e. The van der Waals surface area contributed by atoms with E-state index in [2.05, 4.69) is 6.07 Å². The number of amides is 1. The highest BCUT2D eigenvalue weighted by atomic mass is 32.2. The van der Waals surface area contributed by atoms with Crippen LogP contribution in [0.25, 0.3) is 6.08 Å². The lowest BCUT2D eigenvalue weighted by Crippen LogP contribution is -2.43. The number of thiocarbonyl (C=S) groups is 1. The van der Waals surface area contributed by atoms with E-state index in [1.807, 2.05) is 11.8 Å². The number of pyridine rings is 1. The molecule has 0 N–H and O–H groups in total. The van der Waals surface area contributed by atoms with Crippen molar-refractivity contribution in [2.24, 2.45) is 5.92 Å². The van der Waals surface area contributed by atoms with E-state index in [0.29, 0.717) is 67.2 Å². The average Bonchev–Trinajstić information content (AvgIpc) is 3.41.